The summed E-state index contributed by atoms with van der Waals surface area (Å²) in [5, 5.41) is 10.4. The maximum absolute atomic E-state index is 12.7. The number of ether oxygens (including phenoxy) is 1. The van der Waals surface area contributed by atoms with E-state index in [1.165, 1.54) is 24.3 Å². The van der Waals surface area contributed by atoms with Gasteiger partial charge in [-0.25, -0.2) is 8.42 Å². The second-order valence-corrected chi connectivity index (χ2v) is 9.04. The van der Waals surface area contributed by atoms with Crippen LogP contribution in [0.5, 0.6) is 5.75 Å². The van der Waals surface area contributed by atoms with Crippen molar-refractivity contribution in [2.24, 2.45) is 0 Å². The summed E-state index contributed by atoms with van der Waals surface area (Å²) >= 11 is 3.39. The zero-order chi connectivity index (χ0) is 21.7. The van der Waals surface area contributed by atoms with E-state index in [0.717, 1.165) is 15.4 Å². The average Bonchev–Trinajstić information content (AvgIpc) is 3.10. The molecule has 3 N–H and O–H groups in total. The Morgan fingerprint density at radius 1 is 1.27 bits per heavy atom. The highest BCUT2D eigenvalue weighted by Crippen LogP contribution is 2.24. The first-order valence-corrected chi connectivity index (χ1v) is 11.2. The van der Waals surface area contributed by atoms with Crippen molar-refractivity contribution in [3.63, 3.8) is 0 Å². The maximum atomic E-state index is 12.7. The van der Waals surface area contributed by atoms with Gasteiger partial charge in [-0.05, 0) is 55.0 Å². The van der Waals surface area contributed by atoms with Crippen molar-refractivity contribution in [1.82, 2.24) is 9.71 Å². The van der Waals surface area contributed by atoms with E-state index in [0.29, 0.717) is 11.3 Å². The Morgan fingerprint density at radius 2 is 2.00 bits per heavy atom. The van der Waals surface area contributed by atoms with Gasteiger partial charge >= 0.3 is 5.97 Å². The van der Waals surface area contributed by atoms with E-state index in [-0.39, 0.29) is 17.9 Å². The van der Waals surface area contributed by atoms with Gasteiger partial charge in [0, 0.05) is 28.0 Å². The highest BCUT2D eigenvalue weighted by atomic mass is 79.9. The maximum Gasteiger partial charge on any atom is 0.322 e. The highest BCUT2D eigenvalue weighted by molar-refractivity contribution is 9.10. The number of hydrogen-bond donors (Lipinski definition) is 3. The van der Waals surface area contributed by atoms with E-state index < -0.39 is 22.0 Å². The third kappa shape index (κ3) is 5.21. The Bertz CT molecular complexity index is 1220. The molecule has 7 nitrogen and oxygen atoms in total. The predicted molar refractivity (Wildman–Crippen MR) is 117 cm³/mol. The molecule has 0 saturated heterocycles. The molecule has 0 aliphatic carbocycles. The molecule has 9 heteroatoms. The van der Waals surface area contributed by atoms with Gasteiger partial charge in [-0.15, -0.1) is 5.92 Å². The zero-order valence-electron chi connectivity index (χ0n) is 16.0. The van der Waals surface area contributed by atoms with Gasteiger partial charge in [-0.2, -0.15) is 4.72 Å². The van der Waals surface area contributed by atoms with Gasteiger partial charge in [-0.3, -0.25) is 4.79 Å². The topological polar surface area (TPSA) is 108 Å². The number of aromatic nitrogens is 1. The van der Waals surface area contributed by atoms with Crippen LogP contribution in [0.25, 0.3) is 10.9 Å². The molecule has 1 atom stereocenters. The number of sulfonamides is 1. The quantitative estimate of drug-likeness (QED) is 0.419. The molecule has 0 aliphatic heterocycles. The summed E-state index contributed by atoms with van der Waals surface area (Å²) in [7, 11) is -4.04. The van der Waals surface area contributed by atoms with E-state index in [2.05, 4.69) is 37.5 Å². The van der Waals surface area contributed by atoms with E-state index >= 15 is 0 Å². The van der Waals surface area contributed by atoms with Crippen LogP contribution in [0.2, 0.25) is 0 Å². The number of halogens is 1. The molecular formula is C21H19BrN2O5S. The minimum Gasteiger partial charge on any atom is -0.481 e. The number of aromatic amines is 1. The van der Waals surface area contributed by atoms with Crippen LogP contribution in [0.15, 0.2) is 58.0 Å². The Kier molecular flexibility index (Phi) is 6.82. The van der Waals surface area contributed by atoms with E-state index in [1.807, 2.05) is 18.2 Å². The van der Waals surface area contributed by atoms with Crippen LogP contribution < -0.4 is 9.46 Å². The van der Waals surface area contributed by atoms with Crippen LogP contribution in [-0.4, -0.2) is 37.1 Å². The van der Waals surface area contributed by atoms with Gasteiger partial charge in [0.25, 0.3) is 0 Å². The fraction of sp³-hybridized carbons (Fsp3) is 0.190. The van der Waals surface area contributed by atoms with Gasteiger partial charge in [-0.1, -0.05) is 21.9 Å². The van der Waals surface area contributed by atoms with Crippen LogP contribution in [0.1, 0.15) is 12.5 Å². The first kappa shape index (κ1) is 21.9. The number of H-pyrrole nitrogens is 1. The smallest absolute Gasteiger partial charge is 0.322 e. The summed E-state index contributed by atoms with van der Waals surface area (Å²) in [6.07, 6.45) is 1.68. The van der Waals surface area contributed by atoms with Crippen LogP contribution in [0.4, 0.5) is 0 Å². The van der Waals surface area contributed by atoms with Crippen molar-refractivity contribution >= 4 is 42.8 Å². The van der Waals surface area contributed by atoms with Crippen LogP contribution in [-0.2, 0) is 21.2 Å². The van der Waals surface area contributed by atoms with Crippen LogP contribution in [0, 0.1) is 11.8 Å². The van der Waals surface area contributed by atoms with Crippen molar-refractivity contribution in [1.29, 1.82) is 0 Å². The number of rotatable bonds is 8. The Balaban J connectivity index is 1.78. The molecular weight excluding hydrogens is 472 g/mol. The standard InChI is InChI=1S/C21H19BrN2O5S/c1-2-3-10-29-16-5-7-17(8-6-16)30(27,28)24-20(21(25)26)11-14-13-23-19-9-4-15(22)12-18(14)19/h4-9,12-13,20,23-24H,10-11H2,1H3,(H,25,26)/t20-/m0/s1. The minimum atomic E-state index is -4.04. The predicted octanol–water partition coefficient (Wildman–Crippen LogP) is 3.31. The van der Waals surface area contributed by atoms with Crippen molar-refractivity contribution in [2.75, 3.05) is 6.61 Å². The lowest BCUT2D eigenvalue weighted by atomic mass is 10.1. The number of benzene rings is 2. The zero-order valence-corrected chi connectivity index (χ0v) is 18.4. The van der Waals surface area contributed by atoms with Gasteiger partial charge in [0.1, 0.15) is 18.4 Å². The van der Waals surface area contributed by atoms with Gasteiger partial charge in [0.15, 0.2) is 0 Å². The normalized spacial score (nSPS) is 12.2. The van der Waals surface area contributed by atoms with Crippen LogP contribution >= 0.6 is 15.9 Å². The number of aliphatic carboxylic acids is 1. The van der Waals surface area contributed by atoms with Crippen LogP contribution in [0.3, 0.4) is 0 Å². The lowest BCUT2D eigenvalue weighted by Gasteiger charge is -2.15. The molecule has 0 aliphatic rings. The first-order valence-electron chi connectivity index (χ1n) is 8.93. The first-order chi connectivity index (χ1) is 14.3. The van der Waals surface area contributed by atoms with Gasteiger partial charge in [0.2, 0.25) is 10.0 Å². The number of fused-ring (bicyclic) bond motifs is 1. The number of carboxylic acids is 1. The Hall–Kier alpha value is -2.80. The van der Waals surface area contributed by atoms with Crippen molar-refractivity contribution in [3.05, 3.63) is 58.7 Å². The fourth-order valence-corrected chi connectivity index (χ4v) is 4.43. The summed E-state index contributed by atoms with van der Waals surface area (Å²) in [5.74, 6) is 4.65. The molecule has 0 saturated carbocycles. The molecule has 3 rings (SSSR count). The summed E-state index contributed by atoms with van der Waals surface area (Å²) in [6, 6.07) is 9.97. The number of carboxylic acid groups (broad SMARTS) is 1. The molecule has 1 aromatic heterocycles. The SMILES string of the molecule is CC#CCOc1ccc(S(=O)(=O)N[C@@H](Cc2c[nH]c3ccc(Br)cc23)C(=O)O)cc1. The lowest BCUT2D eigenvalue weighted by Crippen LogP contribution is -2.42. The van der Waals surface area contributed by atoms with E-state index in [4.69, 9.17) is 4.74 Å². The van der Waals surface area contributed by atoms with Gasteiger partial charge in [0.05, 0.1) is 4.90 Å². The number of nitrogens with one attached hydrogen (secondary N) is 2. The minimum absolute atomic E-state index is 0.0120. The second kappa shape index (κ2) is 9.34. The van der Waals surface area contributed by atoms with Crippen molar-refractivity contribution in [3.8, 4) is 17.6 Å². The third-order valence-electron chi connectivity index (χ3n) is 4.37. The lowest BCUT2D eigenvalue weighted by molar-refractivity contribution is -0.138. The van der Waals surface area contributed by atoms with Gasteiger partial charge < -0.3 is 14.8 Å². The Labute approximate surface area is 182 Å². The number of carbonyl (C=O) groups is 1. The molecule has 2 aromatic carbocycles. The molecule has 0 radical (unpaired) electrons. The molecule has 156 valence electrons. The third-order valence-corrected chi connectivity index (χ3v) is 6.35. The van der Waals surface area contributed by atoms with Crippen molar-refractivity contribution < 1.29 is 23.1 Å². The largest absolute Gasteiger partial charge is 0.481 e. The average molecular weight is 491 g/mol. The molecule has 3 aromatic rings. The summed E-state index contributed by atoms with van der Waals surface area (Å²) in [5.41, 5.74) is 1.53. The summed E-state index contributed by atoms with van der Waals surface area (Å²) < 4.78 is 33.9. The molecule has 0 spiro atoms. The molecule has 0 unspecified atom stereocenters. The van der Waals surface area contributed by atoms with E-state index in [1.54, 1.807) is 13.1 Å². The summed E-state index contributed by atoms with van der Waals surface area (Å²) in [4.78, 5) is 14.8. The molecule has 30 heavy (non-hydrogen) atoms. The molecule has 0 amide bonds. The molecule has 0 bridgehead atoms. The highest BCUT2D eigenvalue weighted by Gasteiger charge is 2.26. The fourth-order valence-electron chi connectivity index (χ4n) is 2.88. The summed E-state index contributed by atoms with van der Waals surface area (Å²) in [6.45, 7) is 1.89. The monoisotopic (exact) mass is 490 g/mol. The number of hydrogen-bond acceptors (Lipinski definition) is 4. The molecule has 1 heterocycles. The van der Waals surface area contributed by atoms with E-state index in [9.17, 15) is 18.3 Å². The second-order valence-electron chi connectivity index (χ2n) is 6.41. The Morgan fingerprint density at radius 3 is 2.67 bits per heavy atom. The van der Waals surface area contributed by atoms with Crippen molar-refractivity contribution in [2.45, 2.75) is 24.3 Å². The molecule has 0 fully saturated rings.